The fourth-order valence-corrected chi connectivity index (χ4v) is 2.47. The lowest BCUT2D eigenvalue weighted by atomic mass is 10.1. The van der Waals surface area contributed by atoms with E-state index in [2.05, 4.69) is 4.98 Å². The molecule has 0 bridgehead atoms. The van der Waals surface area contributed by atoms with Gasteiger partial charge >= 0.3 is 0 Å². The van der Waals surface area contributed by atoms with E-state index in [1.807, 2.05) is 11.5 Å². The minimum absolute atomic E-state index is 0.333. The highest BCUT2D eigenvalue weighted by Gasteiger charge is 2.16. The van der Waals surface area contributed by atoms with E-state index in [1.165, 1.54) is 24.3 Å². The van der Waals surface area contributed by atoms with E-state index in [-0.39, 0.29) is 5.82 Å². The first-order valence-corrected chi connectivity index (χ1v) is 6.81. The van der Waals surface area contributed by atoms with Gasteiger partial charge in [0.15, 0.2) is 0 Å². The molecule has 2 N–H and O–H groups in total. The maximum absolute atomic E-state index is 14.1. The van der Waals surface area contributed by atoms with E-state index < -0.39 is 5.82 Å². The minimum atomic E-state index is -0.391. The van der Waals surface area contributed by atoms with Gasteiger partial charge in [0.05, 0.1) is 16.6 Å². The molecule has 108 valence electrons. The monoisotopic (exact) mass is 287 g/mol. The fourth-order valence-electron chi connectivity index (χ4n) is 2.47. The van der Waals surface area contributed by atoms with Crippen LogP contribution in [0, 0.1) is 11.6 Å². The Kier molecular flexibility index (Phi) is 3.33. The number of imidazole rings is 1. The van der Waals surface area contributed by atoms with Gasteiger partial charge in [-0.05, 0) is 36.8 Å². The topological polar surface area (TPSA) is 43.8 Å². The number of benzene rings is 2. The lowest BCUT2D eigenvalue weighted by Gasteiger charge is -2.09. The number of hydrogen-bond acceptors (Lipinski definition) is 2. The second-order valence-electron chi connectivity index (χ2n) is 4.96. The summed E-state index contributed by atoms with van der Waals surface area (Å²) in [7, 11) is 0. The molecule has 0 spiro atoms. The summed E-state index contributed by atoms with van der Waals surface area (Å²) >= 11 is 0. The van der Waals surface area contributed by atoms with Crippen molar-refractivity contribution in [2.75, 3.05) is 5.73 Å². The van der Waals surface area contributed by atoms with Gasteiger partial charge < -0.3 is 10.3 Å². The molecule has 0 amide bonds. The van der Waals surface area contributed by atoms with Crippen LogP contribution in [0.4, 0.5) is 14.5 Å². The number of rotatable bonds is 3. The number of nitrogens with zero attached hydrogens (tertiary/aromatic N) is 2. The molecule has 0 saturated carbocycles. The molecule has 3 nitrogen and oxygen atoms in total. The number of hydrogen-bond donors (Lipinski definition) is 1. The van der Waals surface area contributed by atoms with Crippen LogP contribution in [0.15, 0.2) is 36.4 Å². The summed E-state index contributed by atoms with van der Waals surface area (Å²) in [6.07, 6.45) is 0.861. The van der Waals surface area contributed by atoms with E-state index in [4.69, 9.17) is 5.73 Å². The number of aryl methyl sites for hydroxylation is 1. The first kappa shape index (κ1) is 13.5. The Hall–Kier alpha value is -2.43. The van der Waals surface area contributed by atoms with Gasteiger partial charge in [-0.1, -0.05) is 6.92 Å². The van der Waals surface area contributed by atoms with Gasteiger partial charge in [0.25, 0.3) is 0 Å². The zero-order valence-corrected chi connectivity index (χ0v) is 11.6. The SMILES string of the molecule is CCCn1c(-c2cc(N)ccc2F)nc2cc(F)ccc21. The lowest BCUT2D eigenvalue weighted by Crippen LogP contribution is -2.01. The average molecular weight is 287 g/mol. The number of anilines is 1. The van der Waals surface area contributed by atoms with Crippen molar-refractivity contribution in [1.29, 1.82) is 0 Å². The average Bonchev–Trinajstić information content (AvgIpc) is 2.80. The fraction of sp³-hybridized carbons (Fsp3) is 0.188. The standard InChI is InChI=1S/C16H15F2N3/c1-2-7-21-15-6-3-10(17)8-14(15)20-16(21)12-9-11(19)4-5-13(12)18/h3-6,8-9H,2,7,19H2,1H3. The predicted octanol–water partition coefficient (Wildman–Crippen LogP) is 3.97. The number of halogens is 2. The smallest absolute Gasteiger partial charge is 0.144 e. The predicted molar refractivity (Wildman–Crippen MR) is 79.8 cm³/mol. The highest BCUT2D eigenvalue weighted by atomic mass is 19.1. The molecule has 1 heterocycles. The van der Waals surface area contributed by atoms with E-state index in [9.17, 15) is 8.78 Å². The second kappa shape index (κ2) is 5.16. The summed E-state index contributed by atoms with van der Waals surface area (Å²) < 4.78 is 29.4. The molecule has 3 aromatic rings. The summed E-state index contributed by atoms with van der Waals surface area (Å²) in [5.74, 6) is -0.275. The van der Waals surface area contributed by atoms with Gasteiger partial charge in [-0.2, -0.15) is 0 Å². The van der Waals surface area contributed by atoms with Crippen molar-refractivity contribution in [3.8, 4) is 11.4 Å². The van der Waals surface area contributed by atoms with Crippen molar-refractivity contribution in [2.24, 2.45) is 0 Å². The summed E-state index contributed by atoms with van der Waals surface area (Å²) in [5.41, 5.74) is 7.84. The largest absolute Gasteiger partial charge is 0.399 e. The van der Waals surface area contributed by atoms with Crippen LogP contribution in [0.25, 0.3) is 22.4 Å². The van der Waals surface area contributed by atoms with Gasteiger partial charge in [0.1, 0.15) is 17.5 Å². The Labute approximate surface area is 121 Å². The first-order chi connectivity index (χ1) is 10.1. The van der Waals surface area contributed by atoms with E-state index in [0.717, 1.165) is 11.9 Å². The summed E-state index contributed by atoms with van der Waals surface area (Å²) in [5, 5.41) is 0. The summed E-state index contributed by atoms with van der Waals surface area (Å²) in [4.78, 5) is 4.39. The van der Waals surface area contributed by atoms with E-state index in [1.54, 1.807) is 12.1 Å². The minimum Gasteiger partial charge on any atom is -0.399 e. The zero-order chi connectivity index (χ0) is 15.0. The molecule has 0 fully saturated rings. The third-order valence-corrected chi connectivity index (χ3v) is 3.39. The summed E-state index contributed by atoms with van der Waals surface area (Å²) in [6.45, 7) is 2.69. The molecule has 1 aromatic heterocycles. The molecule has 0 radical (unpaired) electrons. The molecule has 21 heavy (non-hydrogen) atoms. The molecule has 0 saturated heterocycles. The van der Waals surface area contributed by atoms with Crippen LogP contribution in [0.5, 0.6) is 0 Å². The first-order valence-electron chi connectivity index (χ1n) is 6.81. The maximum Gasteiger partial charge on any atom is 0.144 e. The molecule has 5 heteroatoms. The van der Waals surface area contributed by atoms with Crippen molar-refractivity contribution >= 4 is 16.7 Å². The quantitative estimate of drug-likeness (QED) is 0.741. The Balaban J connectivity index is 2.30. The van der Waals surface area contributed by atoms with Crippen LogP contribution >= 0.6 is 0 Å². The lowest BCUT2D eigenvalue weighted by molar-refractivity contribution is 0.625. The molecule has 2 aromatic carbocycles. The summed E-state index contributed by atoms with van der Waals surface area (Å²) in [6, 6.07) is 8.79. The van der Waals surface area contributed by atoms with Crippen molar-refractivity contribution in [3.05, 3.63) is 48.0 Å². The highest BCUT2D eigenvalue weighted by molar-refractivity contribution is 5.81. The van der Waals surface area contributed by atoms with Crippen molar-refractivity contribution in [2.45, 2.75) is 19.9 Å². The van der Waals surface area contributed by atoms with E-state index in [0.29, 0.717) is 29.1 Å². The number of fused-ring (bicyclic) bond motifs is 1. The molecule has 0 aliphatic heterocycles. The van der Waals surface area contributed by atoms with Crippen molar-refractivity contribution in [1.82, 2.24) is 9.55 Å². The van der Waals surface area contributed by atoms with Crippen LogP contribution in [0.1, 0.15) is 13.3 Å². The van der Waals surface area contributed by atoms with Gasteiger partial charge in [0.2, 0.25) is 0 Å². The maximum atomic E-state index is 14.1. The Morgan fingerprint density at radius 2 is 1.95 bits per heavy atom. The van der Waals surface area contributed by atoms with Gasteiger partial charge in [0, 0.05) is 18.3 Å². The van der Waals surface area contributed by atoms with Crippen LogP contribution in [0.2, 0.25) is 0 Å². The molecule has 0 unspecified atom stereocenters. The molecule has 3 rings (SSSR count). The van der Waals surface area contributed by atoms with Crippen molar-refractivity contribution in [3.63, 3.8) is 0 Å². The van der Waals surface area contributed by atoms with Crippen molar-refractivity contribution < 1.29 is 8.78 Å². The molecular weight excluding hydrogens is 272 g/mol. The molecule has 0 aliphatic carbocycles. The number of aromatic nitrogens is 2. The number of nitrogens with two attached hydrogens (primary N) is 1. The van der Waals surface area contributed by atoms with Gasteiger partial charge in [-0.3, -0.25) is 0 Å². The van der Waals surface area contributed by atoms with Gasteiger partial charge in [-0.15, -0.1) is 0 Å². The molecular formula is C16H15F2N3. The Morgan fingerprint density at radius 3 is 2.71 bits per heavy atom. The normalized spacial score (nSPS) is 11.2. The Bertz CT molecular complexity index is 809. The van der Waals surface area contributed by atoms with Gasteiger partial charge in [-0.25, -0.2) is 13.8 Å². The molecule has 0 atom stereocenters. The zero-order valence-electron chi connectivity index (χ0n) is 11.6. The van der Waals surface area contributed by atoms with Crippen LogP contribution in [-0.2, 0) is 6.54 Å². The second-order valence-corrected chi connectivity index (χ2v) is 4.96. The van der Waals surface area contributed by atoms with E-state index >= 15 is 0 Å². The molecule has 0 aliphatic rings. The third-order valence-electron chi connectivity index (χ3n) is 3.39. The van der Waals surface area contributed by atoms with Crippen LogP contribution < -0.4 is 5.73 Å². The highest BCUT2D eigenvalue weighted by Crippen LogP contribution is 2.29. The van der Waals surface area contributed by atoms with Crippen LogP contribution in [-0.4, -0.2) is 9.55 Å². The third kappa shape index (κ3) is 2.35. The number of nitrogen functional groups attached to an aromatic ring is 1. The Morgan fingerprint density at radius 1 is 1.14 bits per heavy atom. The van der Waals surface area contributed by atoms with Crippen LogP contribution in [0.3, 0.4) is 0 Å².